The Labute approximate surface area is 221 Å². The van der Waals surface area contributed by atoms with Crippen molar-refractivity contribution < 1.29 is 41.4 Å². The second-order valence-corrected chi connectivity index (χ2v) is 10.4. The van der Waals surface area contributed by atoms with Crippen molar-refractivity contribution in [2.75, 3.05) is 19.7 Å². The molecule has 2 heterocycles. The van der Waals surface area contributed by atoms with Gasteiger partial charge in [0.15, 0.2) is 11.6 Å². The number of nitrogens with one attached hydrogen (secondary N) is 1. The highest BCUT2D eigenvalue weighted by atomic mass is 19.4. The van der Waals surface area contributed by atoms with Crippen molar-refractivity contribution in [3.8, 4) is 0 Å². The van der Waals surface area contributed by atoms with Gasteiger partial charge < -0.3 is 15.2 Å². The summed E-state index contributed by atoms with van der Waals surface area (Å²) >= 11 is 0. The molecule has 210 valence electrons. The lowest BCUT2D eigenvalue weighted by Gasteiger charge is -2.40. The Balaban J connectivity index is 1.19. The van der Waals surface area contributed by atoms with E-state index in [1.807, 2.05) is 0 Å². The lowest BCUT2D eigenvalue weighted by atomic mass is 9.75. The van der Waals surface area contributed by atoms with Gasteiger partial charge in [-0.1, -0.05) is 24.3 Å². The molecule has 0 aromatic heterocycles. The van der Waals surface area contributed by atoms with Gasteiger partial charge in [-0.25, -0.2) is 23.3 Å². The Hall–Kier alpha value is -3.25. The van der Waals surface area contributed by atoms with E-state index >= 15 is 0 Å². The van der Waals surface area contributed by atoms with Gasteiger partial charge in [0.25, 0.3) is 0 Å². The highest BCUT2D eigenvalue weighted by Crippen LogP contribution is 2.44. The SMILES string of the molecule is O=C(NC1CCN(C2CCC(O)(c3ccccc3C(F)(F)F)CC2)C1)N1C(=O)OCC1c1ccc(F)c(F)c1. The molecule has 2 aromatic rings. The third-order valence-electron chi connectivity index (χ3n) is 8.00. The standard InChI is InChI=1S/C27H28F5N3O4/c28-21-6-5-16(13-22(21)29)23-15-39-25(37)35(23)24(36)33-17-9-12-34(14-17)18-7-10-26(38,11-8-18)19-3-1-2-4-20(19)27(30,31)32/h1-6,13,17-18,23,38H,7-12,14-15H2,(H,33,36). The molecule has 2 aliphatic heterocycles. The lowest BCUT2D eigenvalue weighted by molar-refractivity contribution is -0.141. The number of aliphatic hydroxyl groups is 1. The molecule has 2 aromatic carbocycles. The van der Waals surface area contributed by atoms with E-state index < -0.39 is 47.1 Å². The fraction of sp³-hybridized carbons (Fsp3) is 0.481. The summed E-state index contributed by atoms with van der Waals surface area (Å²) in [6, 6.07) is 6.38. The van der Waals surface area contributed by atoms with Crippen molar-refractivity contribution in [3.63, 3.8) is 0 Å². The highest BCUT2D eigenvalue weighted by Gasteiger charge is 2.45. The summed E-state index contributed by atoms with van der Waals surface area (Å²) in [6.07, 6.45) is -3.54. The predicted molar refractivity (Wildman–Crippen MR) is 128 cm³/mol. The minimum Gasteiger partial charge on any atom is -0.446 e. The van der Waals surface area contributed by atoms with Crippen molar-refractivity contribution in [2.45, 2.75) is 62.0 Å². The zero-order valence-corrected chi connectivity index (χ0v) is 20.9. The smallest absolute Gasteiger partial charge is 0.418 e. The number of carbonyl (C=O) groups excluding carboxylic acids is 2. The van der Waals surface area contributed by atoms with Gasteiger partial charge in [-0.2, -0.15) is 13.2 Å². The molecule has 3 amide bonds. The number of carbonyl (C=O) groups is 2. The lowest BCUT2D eigenvalue weighted by Crippen LogP contribution is -2.48. The van der Waals surface area contributed by atoms with Gasteiger partial charge in [0.2, 0.25) is 0 Å². The third-order valence-corrected chi connectivity index (χ3v) is 8.00. The Kier molecular flexibility index (Phi) is 7.27. The number of cyclic esters (lactones) is 1. The van der Waals surface area contributed by atoms with Gasteiger partial charge in [-0.15, -0.1) is 0 Å². The Bertz CT molecular complexity index is 1250. The molecular weight excluding hydrogens is 525 g/mol. The number of hydrogen-bond acceptors (Lipinski definition) is 5. The summed E-state index contributed by atoms with van der Waals surface area (Å²) in [6.45, 7) is 0.910. The average molecular weight is 554 g/mol. The quantitative estimate of drug-likeness (QED) is 0.516. The number of alkyl halides is 3. The summed E-state index contributed by atoms with van der Waals surface area (Å²) < 4.78 is 72.6. The zero-order chi connectivity index (χ0) is 27.9. The van der Waals surface area contributed by atoms with E-state index in [-0.39, 0.29) is 42.7 Å². The fourth-order valence-corrected chi connectivity index (χ4v) is 5.94. The monoisotopic (exact) mass is 553 g/mol. The normalized spacial score (nSPS) is 28.0. The minimum absolute atomic E-state index is 0.0249. The van der Waals surface area contributed by atoms with E-state index in [9.17, 15) is 36.6 Å². The first-order valence-electron chi connectivity index (χ1n) is 12.8. The van der Waals surface area contributed by atoms with Gasteiger partial charge in [-0.3, -0.25) is 4.90 Å². The van der Waals surface area contributed by atoms with E-state index in [0.29, 0.717) is 32.4 Å². The molecule has 0 bridgehead atoms. The van der Waals surface area contributed by atoms with E-state index in [1.165, 1.54) is 24.3 Å². The van der Waals surface area contributed by atoms with Crippen molar-refractivity contribution in [3.05, 3.63) is 70.8 Å². The molecule has 2 saturated heterocycles. The van der Waals surface area contributed by atoms with Crippen LogP contribution in [0.5, 0.6) is 0 Å². The topological polar surface area (TPSA) is 82.1 Å². The Morgan fingerprint density at radius 2 is 1.77 bits per heavy atom. The number of ether oxygens (including phenoxy) is 1. The van der Waals surface area contributed by atoms with Crippen LogP contribution in [0.1, 0.15) is 54.8 Å². The van der Waals surface area contributed by atoms with E-state index in [0.717, 1.165) is 23.1 Å². The third kappa shape index (κ3) is 5.44. The van der Waals surface area contributed by atoms with Crippen molar-refractivity contribution >= 4 is 12.1 Å². The van der Waals surface area contributed by atoms with Gasteiger partial charge in [0.05, 0.1) is 11.2 Å². The fourth-order valence-electron chi connectivity index (χ4n) is 5.94. The van der Waals surface area contributed by atoms with Crippen LogP contribution in [0.25, 0.3) is 0 Å². The van der Waals surface area contributed by atoms with Crippen molar-refractivity contribution in [1.29, 1.82) is 0 Å². The summed E-state index contributed by atoms with van der Waals surface area (Å²) in [7, 11) is 0. The van der Waals surface area contributed by atoms with Crippen LogP contribution in [0.2, 0.25) is 0 Å². The molecule has 0 spiro atoms. The van der Waals surface area contributed by atoms with E-state index in [2.05, 4.69) is 10.2 Å². The highest BCUT2D eigenvalue weighted by molar-refractivity contribution is 5.92. The van der Waals surface area contributed by atoms with E-state index in [4.69, 9.17) is 4.74 Å². The number of likely N-dealkylation sites (tertiary alicyclic amines) is 1. The molecule has 7 nitrogen and oxygen atoms in total. The summed E-state index contributed by atoms with van der Waals surface area (Å²) in [4.78, 5) is 28.2. The van der Waals surface area contributed by atoms with Crippen LogP contribution in [0, 0.1) is 11.6 Å². The Morgan fingerprint density at radius 3 is 2.46 bits per heavy atom. The zero-order valence-electron chi connectivity index (χ0n) is 20.9. The minimum atomic E-state index is -4.56. The Morgan fingerprint density at radius 1 is 1.05 bits per heavy atom. The maximum Gasteiger partial charge on any atom is 0.418 e. The maximum absolute atomic E-state index is 13.7. The largest absolute Gasteiger partial charge is 0.446 e. The van der Waals surface area contributed by atoms with Crippen molar-refractivity contribution in [1.82, 2.24) is 15.1 Å². The number of urea groups is 1. The number of hydrogen-bond donors (Lipinski definition) is 2. The van der Waals surface area contributed by atoms with Crippen LogP contribution in [-0.4, -0.2) is 58.8 Å². The van der Waals surface area contributed by atoms with Crippen LogP contribution < -0.4 is 5.32 Å². The first-order valence-corrected chi connectivity index (χ1v) is 12.8. The molecule has 2 atom stereocenters. The molecule has 12 heteroatoms. The second-order valence-electron chi connectivity index (χ2n) is 10.4. The number of amides is 3. The maximum atomic E-state index is 13.7. The van der Waals surface area contributed by atoms with Crippen LogP contribution in [0.4, 0.5) is 31.5 Å². The number of benzene rings is 2. The van der Waals surface area contributed by atoms with Gasteiger partial charge in [0, 0.05) is 25.2 Å². The van der Waals surface area contributed by atoms with Crippen molar-refractivity contribution in [2.24, 2.45) is 0 Å². The molecule has 39 heavy (non-hydrogen) atoms. The average Bonchev–Trinajstić information content (AvgIpc) is 3.52. The molecule has 2 unspecified atom stereocenters. The summed E-state index contributed by atoms with van der Waals surface area (Å²) in [5.74, 6) is -2.14. The molecule has 1 saturated carbocycles. The van der Waals surface area contributed by atoms with Crippen LogP contribution in [-0.2, 0) is 16.5 Å². The molecule has 5 rings (SSSR count). The molecule has 1 aliphatic carbocycles. The van der Waals surface area contributed by atoms with Gasteiger partial charge in [-0.05, 0) is 61.4 Å². The number of imide groups is 1. The van der Waals surface area contributed by atoms with Crippen LogP contribution >= 0.6 is 0 Å². The van der Waals surface area contributed by atoms with Gasteiger partial charge >= 0.3 is 18.3 Å². The first-order chi connectivity index (χ1) is 18.5. The number of halogens is 5. The molecule has 2 N–H and O–H groups in total. The molecule has 3 aliphatic rings. The molecule has 0 radical (unpaired) electrons. The summed E-state index contributed by atoms with van der Waals surface area (Å²) in [5.41, 5.74) is -2.27. The van der Waals surface area contributed by atoms with Crippen LogP contribution in [0.15, 0.2) is 42.5 Å². The number of nitrogens with zero attached hydrogens (tertiary/aromatic N) is 2. The van der Waals surface area contributed by atoms with Crippen LogP contribution in [0.3, 0.4) is 0 Å². The second kappa shape index (κ2) is 10.4. The number of rotatable bonds is 4. The predicted octanol–water partition coefficient (Wildman–Crippen LogP) is 5.09. The summed E-state index contributed by atoms with van der Waals surface area (Å²) in [5, 5.41) is 14.0. The van der Waals surface area contributed by atoms with Gasteiger partial charge in [0.1, 0.15) is 12.6 Å². The molecular formula is C27H28F5N3O4. The molecule has 3 fully saturated rings. The van der Waals surface area contributed by atoms with E-state index in [1.54, 1.807) is 0 Å². The first kappa shape index (κ1) is 27.3.